The number of ether oxygens (including phenoxy) is 8. The van der Waals surface area contributed by atoms with Gasteiger partial charge in [0.05, 0.1) is 106 Å². The maximum Gasteiger partial charge on any atom is 0.253 e. The Morgan fingerprint density at radius 1 is 0.604 bits per heavy atom. The molecule has 1 aliphatic heterocycles. The van der Waals surface area contributed by atoms with Gasteiger partial charge in [0.1, 0.15) is 17.3 Å². The van der Waals surface area contributed by atoms with E-state index in [9.17, 15) is 24.0 Å². The van der Waals surface area contributed by atoms with Crippen molar-refractivity contribution in [3.63, 3.8) is 0 Å². The Morgan fingerprint density at radius 2 is 1.08 bits per heavy atom. The topological polar surface area (TPSA) is 223 Å². The fraction of sp³-hybridized carbons (Fsp3) is 0.857. The van der Waals surface area contributed by atoms with Crippen LogP contribution >= 0.6 is 21.6 Å². The zero-order chi connectivity index (χ0) is 38.8. The summed E-state index contributed by atoms with van der Waals surface area (Å²) in [5.41, 5.74) is 10.9. The molecule has 0 bridgehead atoms. The van der Waals surface area contributed by atoms with E-state index in [4.69, 9.17) is 49.4 Å². The zero-order valence-corrected chi connectivity index (χ0v) is 33.1. The summed E-state index contributed by atoms with van der Waals surface area (Å²) in [6.07, 6.45) is 3.75. The van der Waals surface area contributed by atoms with Gasteiger partial charge in [-0.3, -0.25) is 24.0 Å². The smallest absolute Gasteiger partial charge is 0.253 e. The maximum atomic E-state index is 12.9. The van der Waals surface area contributed by atoms with Crippen molar-refractivity contribution < 1.29 is 61.9 Å². The summed E-state index contributed by atoms with van der Waals surface area (Å²) >= 11 is 0. The quantitative estimate of drug-likeness (QED) is 0.0342. The number of carbonyl (C=O) groups excluding carboxylic acids is 5. The van der Waals surface area contributed by atoms with Gasteiger partial charge in [0.2, 0.25) is 4.08 Å². The number of carbonyl (C=O) groups is 5. The highest BCUT2D eigenvalue weighted by Gasteiger charge is 2.58. The highest BCUT2D eigenvalue weighted by Crippen LogP contribution is 2.65. The molecule has 5 N–H and O–H groups in total. The summed E-state index contributed by atoms with van der Waals surface area (Å²) in [5, 5.41) is 2.97. The van der Waals surface area contributed by atoms with Crippen molar-refractivity contribution in [2.45, 2.75) is 62.4 Å². The number of nitrogens with two attached hydrogens (primary N) is 2. The van der Waals surface area contributed by atoms with Crippen molar-refractivity contribution in [2.24, 2.45) is 17.4 Å². The number of primary amides is 1. The summed E-state index contributed by atoms with van der Waals surface area (Å²) in [6, 6.07) is 0. The Kier molecular flexibility index (Phi) is 31.5. The van der Waals surface area contributed by atoms with Crippen LogP contribution in [-0.4, -0.2) is 158 Å². The second-order valence-electron chi connectivity index (χ2n) is 12.1. The Bertz CT molecular complexity index is 1010. The molecule has 0 aromatic rings. The molecule has 0 saturated carbocycles. The van der Waals surface area contributed by atoms with Crippen molar-refractivity contribution in [1.82, 2.24) is 5.32 Å². The molecular formula is C35H63N3O13S2. The second-order valence-corrected chi connectivity index (χ2v) is 15.0. The van der Waals surface area contributed by atoms with Crippen LogP contribution in [0, 0.1) is 5.92 Å². The van der Waals surface area contributed by atoms with Gasteiger partial charge in [-0.15, -0.1) is 0 Å². The van der Waals surface area contributed by atoms with E-state index >= 15 is 0 Å². The lowest BCUT2D eigenvalue weighted by Gasteiger charge is -2.15. The van der Waals surface area contributed by atoms with Crippen molar-refractivity contribution in [3.05, 3.63) is 0 Å². The van der Waals surface area contributed by atoms with Gasteiger partial charge in [-0.25, -0.2) is 0 Å². The number of rotatable bonds is 42. The van der Waals surface area contributed by atoms with Crippen molar-refractivity contribution >= 4 is 50.6 Å². The molecule has 0 spiro atoms. The molecule has 1 amide bonds. The normalized spacial score (nSPS) is 13.9. The van der Waals surface area contributed by atoms with Crippen LogP contribution in [0.4, 0.5) is 0 Å². The minimum atomic E-state index is -1.11. The lowest BCUT2D eigenvalue weighted by molar-refractivity contribution is -0.129. The molecule has 1 aliphatic rings. The summed E-state index contributed by atoms with van der Waals surface area (Å²) in [5.74, 6) is -0.990. The van der Waals surface area contributed by atoms with E-state index in [-0.39, 0.29) is 61.5 Å². The molecule has 1 saturated heterocycles. The first kappa shape index (κ1) is 49.5. The monoisotopic (exact) mass is 797 g/mol. The van der Waals surface area contributed by atoms with Gasteiger partial charge in [0.15, 0.2) is 5.78 Å². The van der Waals surface area contributed by atoms with E-state index < -0.39 is 9.99 Å². The van der Waals surface area contributed by atoms with Crippen LogP contribution in [0.3, 0.4) is 0 Å². The van der Waals surface area contributed by atoms with E-state index in [1.54, 1.807) is 0 Å². The van der Waals surface area contributed by atoms with Gasteiger partial charge in [-0.05, 0) is 32.7 Å². The predicted octanol–water partition coefficient (Wildman–Crippen LogP) is 1.28. The molecule has 53 heavy (non-hydrogen) atoms. The first-order valence-electron chi connectivity index (χ1n) is 18.5. The third-order valence-corrected chi connectivity index (χ3v) is 10.5. The first-order chi connectivity index (χ1) is 25.7. The number of amides is 1. The maximum absolute atomic E-state index is 12.9. The zero-order valence-electron chi connectivity index (χ0n) is 31.4. The molecule has 0 aromatic heterocycles. The molecule has 1 atom stereocenters. The molecule has 1 unspecified atom stereocenters. The molecule has 308 valence electrons. The van der Waals surface area contributed by atoms with Crippen LogP contribution in [0.1, 0.15) is 58.3 Å². The highest BCUT2D eigenvalue weighted by molar-refractivity contribution is 8.94. The molecule has 0 radical (unpaired) electrons. The van der Waals surface area contributed by atoms with Gasteiger partial charge in [-0.2, -0.15) is 0 Å². The van der Waals surface area contributed by atoms with Crippen LogP contribution in [-0.2, 0) is 61.9 Å². The van der Waals surface area contributed by atoms with Gasteiger partial charge in [0.25, 0.3) is 5.91 Å². The number of unbranched alkanes of at least 4 members (excludes halogenated alkanes) is 1. The molecule has 0 aliphatic carbocycles. The second kappa shape index (κ2) is 33.8. The van der Waals surface area contributed by atoms with Crippen LogP contribution in [0.5, 0.6) is 0 Å². The minimum Gasteiger partial charge on any atom is -0.379 e. The molecule has 18 heteroatoms. The van der Waals surface area contributed by atoms with Gasteiger partial charge < -0.3 is 54.7 Å². The largest absolute Gasteiger partial charge is 0.379 e. The third-order valence-electron chi connectivity index (χ3n) is 7.62. The van der Waals surface area contributed by atoms with Crippen molar-refractivity contribution in [1.29, 1.82) is 0 Å². The molecule has 1 rings (SSSR count). The van der Waals surface area contributed by atoms with Gasteiger partial charge >= 0.3 is 0 Å². The summed E-state index contributed by atoms with van der Waals surface area (Å²) in [7, 11) is 2.36. The summed E-state index contributed by atoms with van der Waals surface area (Å²) in [6.45, 7) is 9.28. The fourth-order valence-corrected chi connectivity index (χ4v) is 6.58. The summed E-state index contributed by atoms with van der Waals surface area (Å²) in [4.78, 5) is 59.7. The minimum absolute atomic E-state index is 0.00518. The van der Waals surface area contributed by atoms with Crippen LogP contribution in [0.2, 0.25) is 0 Å². The molecule has 1 fully saturated rings. The third kappa shape index (κ3) is 27.6. The van der Waals surface area contributed by atoms with E-state index in [1.807, 2.05) is 0 Å². The highest BCUT2D eigenvalue weighted by atomic mass is 33.2. The van der Waals surface area contributed by atoms with Crippen molar-refractivity contribution in [3.8, 4) is 0 Å². The molecule has 1 heterocycles. The van der Waals surface area contributed by atoms with Crippen molar-refractivity contribution in [2.75, 3.05) is 125 Å². The van der Waals surface area contributed by atoms with E-state index in [0.29, 0.717) is 131 Å². The van der Waals surface area contributed by atoms with E-state index in [0.717, 1.165) is 12.8 Å². The lowest BCUT2D eigenvalue weighted by Crippen LogP contribution is -2.36. The average Bonchev–Trinajstić information content (AvgIpc) is 3.95. The Morgan fingerprint density at radius 3 is 1.55 bits per heavy atom. The lowest BCUT2D eigenvalue weighted by atomic mass is 9.89. The number of nitrogens with one attached hydrogen (secondary N) is 1. The first-order valence-corrected chi connectivity index (χ1v) is 20.6. The molecular weight excluding hydrogens is 735 g/mol. The number of hydrogen-bond acceptors (Lipinski definition) is 17. The van der Waals surface area contributed by atoms with Gasteiger partial charge in [-0.1, -0.05) is 28.0 Å². The Balaban J connectivity index is 1.98. The van der Waals surface area contributed by atoms with Crippen LogP contribution < -0.4 is 16.8 Å². The standard InChI is InChI=1S/C35H63N3O13S2/c1-29(39)28-38-10-14-47-18-22-51-26-25-49-20-16-45-12-7-31(40)27-30(5-2-3-9-36)32(41)6-4-11-44-15-19-48-23-24-50-21-17-46-13-8-33(42)35(34(37)43)52-53-35/h30,38H,2-28,36H2,1H3,(H2,37,43). The Labute approximate surface area is 322 Å². The predicted molar refractivity (Wildman–Crippen MR) is 202 cm³/mol. The fourth-order valence-electron chi connectivity index (χ4n) is 4.64. The Hall–Kier alpha value is -1.55. The number of hydrogen-bond donors (Lipinski definition) is 3. The summed E-state index contributed by atoms with van der Waals surface area (Å²) < 4.78 is 42.6. The van der Waals surface area contributed by atoms with Crippen LogP contribution in [0.15, 0.2) is 0 Å². The average molecular weight is 798 g/mol. The van der Waals surface area contributed by atoms with Crippen LogP contribution in [0.25, 0.3) is 0 Å². The molecule has 16 nitrogen and oxygen atoms in total. The molecule has 0 aromatic carbocycles. The number of Topliss-reactive ketones (excluding diaryl/α,β-unsaturated/α-hetero) is 4. The SMILES string of the molecule is CC(=O)CNCCOCCOCCOCCOCCC(=O)CC(CCCCN)C(=O)CCCOCCOCCOCCOCCC(=O)C1(C(N)=O)SS1. The number of ketones is 4. The van der Waals surface area contributed by atoms with E-state index in [2.05, 4.69) is 5.32 Å². The van der Waals surface area contributed by atoms with Gasteiger partial charge in [0, 0.05) is 44.8 Å². The van der Waals surface area contributed by atoms with E-state index in [1.165, 1.54) is 28.5 Å².